The van der Waals surface area contributed by atoms with Gasteiger partial charge in [-0.3, -0.25) is 0 Å². The monoisotopic (exact) mass is 550 g/mol. The summed E-state index contributed by atoms with van der Waals surface area (Å²) in [6, 6.07) is 12.4. The lowest BCUT2D eigenvalue weighted by Gasteiger charge is -2.46. The van der Waals surface area contributed by atoms with Gasteiger partial charge in [0.05, 0.1) is 24.9 Å². The lowest BCUT2D eigenvalue weighted by molar-refractivity contribution is -0.0658. The number of aromatic nitrogens is 2. The van der Waals surface area contributed by atoms with Crippen LogP contribution in [0.4, 0.5) is 23.4 Å². The van der Waals surface area contributed by atoms with Crippen molar-refractivity contribution in [1.82, 2.24) is 15.5 Å². The molecule has 1 aliphatic heterocycles. The Morgan fingerprint density at radius 2 is 1.79 bits per heavy atom. The largest absolute Gasteiger partial charge is 0.494 e. The molecule has 2 heterocycles. The second-order valence-corrected chi connectivity index (χ2v) is 9.00. The van der Waals surface area contributed by atoms with Crippen LogP contribution in [0.25, 0.3) is 11.3 Å². The Morgan fingerprint density at radius 3 is 2.44 bits per heavy atom. The highest BCUT2D eigenvalue weighted by Gasteiger charge is 2.46. The number of methoxy groups -OCH3 is 1. The fraction of sp³-hybridized carbons (Fsp3) is 0.429. The van der Waals surface area contributed by atoms with Crippen LogP contribution in [0.15, 0.2) is 48.5 Å². The number of ether oxygens (including phenoxy) is 1. The van der Waals surface area contributed by atoms with Crippen LogP contribution in [0.5, 0.6) is 5.75 Å². The third-order valence-electron chi connectivity index (χ3n) is 6.65. The molecule has 1 aliphatic rings. The van der Waals surface area contributed by atoms with Gasteiger partial charge in [0.25, 0.3) is 6.43 Å². The first-order valence-corrected chi connectivity index (χ1v) is 12.8. The van der Waals surface area contributed by atoms with Crippen LogP contribution in [0.1, 0.15) is 37.8 Å². The van der Waals surface area contributed by atoms with Crippen molar-refractivity contribution >= 4 is 5.82 Å². The van der Waals surface area contributed by atoms with Crippen LogP contribution in [0, 0.1) is 11.6 Å². The highest BCUT2D eigenvalue weighted by atomic mass is 19.3. The first-order valence-electron chi connectivity index (χ1n) is 12.8. The molecule has 0 bridgehead atoms. The van der Waals surface area contributed by atoms with Crippen LogP contribution < -0.4 is 15.0 Å². The third kappa shape index (κ3) is 6.84. The molecule has 39 heavy (non-hydrogen) atoms. The molecular formula is C28H34F4N4O3. The number of alkyl halides is 2. The number of hydrogen-bond donors (Lipinski definition) is 3. The van der Waals surface area contributed by atoms with Crippen molar-refractivity contribution in [3.63, 3.8) is 0 Å². The van der Waals surface area contributed by atoms with E-state index in [4.69, 9.17) is 4.74 Å². The van der Waals surface area contributed by atoms with E-state index >= 15 is 0 Å². The zero-order valence-electron chi connectivity index (χ0n) is 22.2. The van der Waals surface area contributed by atoms with Crippen LogP contribution in [0.3, 0.4) is 0 Å². The first-order chi connectivity index (χ1) is 18.8. The molecule has 11 heteroatoms. The smallest absolute Gasteiger partial charge is 0.265 e. The van der Waals surface area contributed by atoms with Gasteiger partial charge in [-0.2, -0.15) is 0 Å². The van der Waals surface area contributed by atoms with Gasteiger partial charge in [-0.25, -0.2) is 17.6 Å². The van der Waals surface area contributed by atoms with Crippen molar-refractivity contribution in [2.75, 3.05) is 25.1 Å². The van der Waals surface area contributed by atoms with E-state index in [0.717, 1.165) is 17.7 Å². The zero-order valence-corrected chi connectivity index (χ0v) is 22.2. The van der Waals surface area contributed by atoms with Gasteiger partial charge < -0.3 is 25.2 Å². The molecule has 212 valence electrons. The van der Waals surface area contributed by atoms with Crippen LogP contribution in [-0.4, -0.2) is 58.7 Å². The summed E-state index contributed by atoms with van der Waals surface area (Å²) in [4.78, 5) is 1.67. The Kier molecular flexibility index (Phi) is 10.6. The minimum atomic E-state index is -2.98. The van der Waals surface area contributed by atoms with E-state index in [0.29, 0.717) is 13.0 Å². The highest BCUT2D eigenvalue weighted by Crippen LogP contribution is 2.34. The fourth-order valence-electron chi connectivity index (χ4n) is 4.69. The Labute approximate surface area is 225 Å². The van der Waals surface area contributed by atoms with Crippen LogP contribution in [0.2, 0.25) is 0 Å². The van der Waals surface area contributed by atoms with Crippen molar-refractivity contribution < 1.29 is 32.5 Å². The van der Waals surface area contributed by atoms with E-state index in [1.165, 1.54) is 13.2 Å². The van der Waals surface area contributed by atoms with Crippen molar-refractivity contribution in [1.29, 1.82) is 0 Å². The summed E-state index contributed by atoms with van der Waals surface area (Å²) in [5.41, 5.74) is -0.413. The molecule has 0 aliphatic carbocycles. The number of nitrogens with zero attached hydrogens (tertiary/aromatic N) is 3. The van der Waals surface area contributed by atoms with E-state index in [2.05, 4.69) is 15.5 Å². The second kappa shape index (κ2) is 13.7. The van der Waals surface area contributed by atoms with Gasteiger partial charge in [0.2, 0.25) is 0 Å². The van der Waals surface area contributed by atoms with Gasteiger partial charge in [0.15, 0.2) is 17.4 Å². The number of hydrogen-bond acceptors (Lipinski definition) is 7. The number of piperidine rings is 1. The van der Waals surface area contributed by atoms with Gasteiger partial charge in [0.1, 0.15) is 11.9 Å². The topological polar surface area (TPSA) is 90.7 Å². The molecule has 3 N–H and O–H groups in total. The van der Waals surface area contributed by atoms with Gasteiger partial charge in [-0.1, -0.05) is 44.2 Å². The lowest BCUT2D eigenvalue weighted by atomic mass is 9.83. The molecule has 2 unspecified atom stereocenters. The fourth-order valence-corrected chi connectivity index (χ4v) is 4.69. The summed E-state index contributed by atoms with van der Waals surface area (Å²) in [5, 5.41) is 31.9. The summed E-state index contributed by atoms with van der Waals surface area (Å²) in [5.74, 6) is -1.63. The zero-order chi connectivity index (χ0) is 28.6. The molecule has 2 aromatic carbocycles. The number of benzene rings is 2. The lowest BCUT2D eigenvalue weighted by Crippen LogP contribution is -2.65. The summed E-state index contributed by atoms with van der Waals surface area (Å²) >= 11 is 0. The number of nitrogens with one attached hydrogen (secondary N) is 1. The van der Waals surface area contributed by atoms with E-state index < -0.39 is 36.3 Å². The third-order valence-corrected chi connectivity index (χ3v) is 6.65. The Hall–Kier alpha value is -3.28. The van der Waals surface area contributed by atoms with Gasteiger partial charge in [0, 0.05) is 36.8 Å². The Morgan fingerprint density at radius 1 is 1.08 bits per heavy atom. The van der Waals surface area contributed by atoms with E-state index in [9.17, 15) is 27.8 Å². The molecule has 0 amide bonds. The SMILES string of the molecule is CC.COc1cc(F)c(-c2cc(CO)c(N3CCCC(NCc4ccccc4)(C(O)C(F)F)C3)nn2)cc1F. The van der Waals surface area contributed by atoms with Gasteiger partial charge >= 0.3 is 0 Å². The Balaban J connectivity index is 0.00000205. The number of aliphatic hydroxyl groups excluding tert-OH is 2. The van der Waals surface area contributed by atoms with Crippen molar-refractivity contribution in [3.8, 4) is 17.0 Å². The standard InChI is InChI=1S/C26H28F4N4O3.C2H6/c1-37-22-12-19(27)18(11-20(22)28)21-10-17(14-35)25(33-32-21)34-9-5-8-26(15-34,23(36)24(29)30)31-13-16-6-3-2-4-7-16;1-2/h2-4,6-7,10-12,23-24,31,35-36H,5,8-9,13-15H2,1H3;1-2H3. The highest BCUT2D eigenvalue weighted by molar-refractivity contribution is 5.64. The normalized spacial score (nSPS) is 17.9. The average Bonchev–Trinajstić information content (AvgIpc) is 2.98. The summed E-state index contributed by atoms with van der Waals surface area (Å²) in [7, 11) is 1.22. The molecule has 0 saturated carbocycles. The maximum Gasteiger partial charge on any atom is 0.265 e. The molecule has 2 atom stereocenters. The summed E-state index contributed by atoms with van der Waals surface area (Å²) < 4.78 is 61.1. The predicted molar refractivity (Wildman–Crippen MR) is 141 cm³/mol. The minimum Gasteiger partial charge on any atom is -0.494 e. The quantitative estimate of drug-likeness (QED) is 0.333. The molecule has 1 aromatic heterocycles. The molecule has 4 rings (SSSR count). The molecule has 0 spiro atoms. The summed E-state index contributed by atoms with van der Waals surface area (Å²) in [6.07, 6.45) is -4.20. The average molecular weight is 551 g/mol. The molecule has 0 radical (unpaired) electrons. The molecule has 3 aromatic rings. The molecule has 7 nitrogen and oxygen atoms in total. The van der Waals surface area contributed by atoms with Crippen LogP contribution >= 0.6 is 0 Å². The maximum absolute atomic E-state index is 14.6. The first kappa shape index (κ1) is 30.3. The Bertz CT molecular complexity index is 1220. The van der Waals surface area contributed by atoms with E-state index in [1.807, 2.05) is 44.2 Å². The van der Waals surface area contributed by atoms with Gasteiger partial charge in [-0.15, -0.1) is 10.2 Å². The van der Waals surface area contributed by atoms with Crippen molar-refractivity contribution in [2.24, 2.45) is 0 Å². The number of rotatable bonds is 9. The van der Waals surface area contributed by atoms with Crippen molar-refractivity contribution in [2.45, 2.75) is 57.9 Å². The van der Waals surface area contributed by atoms with Crippen LogP contribution in [-0.2, 0) is 13.2 Å². The van der Waals surface area contributed by atoms with E-state index in [1.54, 1.807) is 4.90 Å². The van der Waals surface area contributed by atoms with Gasteiger partial charge in [-0.05, 0) is 30.5 Å². The number of anilines is 1. The number of aliphatic hydroxyl groups is 2. The maximum atomic E-state index is 14.6. The van der Waals surface area contributed by atoms with Crippen molar-refractivity contribution in [3.05, 3.63) is 71.3 Å². The van der Waals surface area contributed by atoms with E-state index in [-0.39, 0.29) is 47.9 Å². The summed E-state index contributed by atoms with van der Waals surface area (Å²) in [6.45, 7) is 4.14. The molecule has 1 saturated heterocycles. The second-order valence-electron chi connectivity index (χ2n) is 9.00. The predicted octanol–water partition coefficient (Wildman–Crippen LogP) is 4.70. The minimum absolute atomic E-state index is 0.00931. The number of halogens is 4. The molecular weight excluding hydrogens is 516 g/mol. The molecule has 1 fully saturated rings.